The number of carbonyl (C=O) groups excluding carboxylic acids is 2. The van der Waals surface area contributed by atoms with Crippen molar-refractivity contribution in [1.29, 1.82) is 0 Å². The third-order valence-corrected chi connectivity index (χ3v) is 17.9. The van der Waals surface area contributed by atoms with E-state index in [0.29, 0.717) is 23.9 Å². The van der Waals surface area contributed by atoms with E-state index in [4.69, 9.17) is 18.9 Å². The first kappa shape index (κ1) is 94.4. The molecule has 99 heavy (non-hydrogen) atoms. The van der Waals surface area contributed by atoms with Crippen LogP contribution in [0.15, 0.2) is 134 Å². The Morgan fingerprint density at radius 3 is 0.859 bits per heavy atom. The highest BCUT2D eigenvalue weighted by molar-refractivity contribution is 5.71. The van der Waals surface area contributed by atoms with Gasteiger partial charge in [-0.25, -0.2) is 4.79 Å². The van der Waals surface area contributed by atoms with E-state index < -0.39 is 24.3 Å². The first-order chi connectivity index (χ1) is 48.6. The van der Waals surface area contributed by atoms with Crippen LogP contribution in [0.1, 0.15) is 361 Å². The molecule has 568 valence electrons. The summed E-state index contributed by atoms with van der Waals surface area (Å²) in [5.74, 6) is -2.05. The van der Waals surface area contributed by atoms with Gasteiger partial charge >= 0.3 is 17.9 Å². The molecule has 9 heteroatoms. The van der Waals surface area contributed by atoms with Crippen molar-refractivity contribution in [1.82, 2.24) is 0 Å². The van der Waals surface area contributed by atoms with E-state index in [2.05, 4.69) is 148 Å². The number of likely N-dealkylation sites (N-methyl/N-ethyl adjacent to an activating group) is 1. The molecule has 0 aromatic rings. The molecule has 2 unspecified atom stereocenters. The fourth-order valence-corrected chi connectivity index (χ4v) is 11.7. The molecule has 0 bridgehead atoms. The van der Waals surface area contributed by atoms with Gasteiger partial charge in [0, 0.05) is 12.8 Å². The number of rotatable bonds is 76. The average Bonchev–Trinajstić information content (AvgIpc) is 2.19. The Balaban J connectivity index is 4.10. The Morgan fingerprint density at radius 1 is 0.313 bits per heavy atom. The minimum absolute atomic E-state index is 0.176. The van der Waals surface area contributed by atoms with E-state index in [-0.39, 0.29) is 32.2 Å². The molecule has 1 N–H and O–H groups in total. The predicted molar refractivity (Wildman–Crippen MR) is 428 cm³/mol. The minimum atomic E-state index is -1.53. The molecule has 0 saturated heterocycles. The number of carboxylic acids is 1. The molecule has 2 atom stereocenters. The second-order valence-electron chi connectivity index (χ2n) is 28.7. The molecule has 9 nitrogen and oxygen atoms in total. The van der Waals surface area contributed by atoms with Crippen LogP contribution in [0.2, 0.25) is 0 Å². The van der Waals surface area contributed by atoms with E-state index >= 15 is 0 Å². The summed E-state index contributed by atoms with van der Waals surface area (Å²) in [7, 11) is 5.97. The number of quaternary nitrogens is 1. The zero-order valence-electron chi connectivity index (χ0n) is 65.1. The predicted octanol–water partition coefficient (Wildman–Crippen LogP) is 26.8. The zero-order valence-corrected chi connectivity index (χ0v) is 65.1. The largest absolute Gasteiger partial charge is 0.477 e. The first-order valence-corrected chi connectivity index (χ1v) is 41.3. The van der Waals surface area contributed by atoms with Gasteiger partial charge in [-0.05, 0) is 96.3 Å². The monoisotopic (exact) mass is 1380 g/mol. The fourth-order valence-electron chi connectivity index (χ4n) is 11.7. The number of esters is 2. The Morgan fingerprint density at radius 2 is 0.576 bits per heavy atom. The van der Waals surface area contributed by atoms with Crippen molar-refractivity contribution < 1.29 is 42.9 Å². The Kier molecular flexibility index (Phi) is 75.5. The number of hydrogen-bond acceptors (Lipinski definition) is 7. The molecule has 0 aliphatic heterocycles. The van der Waals surface area contributed by atoms with Gasteiger partial charge in [-0.2, -0.15) is 0 Å². The summed E-state index contributed by atoms with van der Waals surface area (Å²) < 4.78 is 23.0. The molecule has 0 saturated carbocycles. The van der Waals surface area contributed by atoms with Gasteiger partial charge in [0.2, 0.25) is 0 Å². The van der Waals surface area contributed by atoms with Gasteiger partial charge in [0.1, 0.15) is 13.2 Å². The van der Waals surface area contributed by atoms with Crippen LogP contribution in [0.5, 0.6) is 0 Å². The minimum Gasteiger partial charge on any atom is -0.477 e. The second kappa shape index (κ2) is 79.1. The molecule has 0 radical (unpaired) electrons. The zero-order chi connectivity index (χ0) is 71.8. The number of ether oxygens (including phenoxy) is 4. The summed E-state index contributed by atoms with van der Waals surface area (Å²) in [5.41, 5.74) is 0. The number of hydrogen-bond donors (Lipinski definition) is 1. The average molecular weight is 1380 g/mol. The molecule has 0 heterocycles. The normalized spacial score (nSPS) is 13.3. The van der Waals surface area contributed by atoms with E-state index in [1.165, 1.54) is 218 Å². The molecular weight excluding hydrogens is 1220 g/mol. The van der Waals surface area contributed by atoms with Gasteiger partial charge in [0.15, 0.2) is 6.10 Å². The van der Waals surface area contributed by atoms with Gasteiger partial charge < -0.3 is 28.5 Å². The van der Waals surface area contributed by atoms with Crippen molar-refractivity contribution >= 4 is 17.9 Å². The van der Waals surface area contributed by atoms with Gasteiger partial charge in [-0.1, -0.05) is 385 Å². The van der Waals surface area contributed by atoms with Crippen molar-refractivity contribution in [3.8, 4) is 0 Å². The Bertz CT molecular complexity index is 2100. The Labute approximate surface area is 611 Å². The maximum absolute atomic E-state index is 13.0. The molecule has 0 spiro atoms. The second-order valence-corrected chi connectivity index (χ2v) is 28.7. The topological polar surface area (TPSA) is 108 Å². The highest BCUT2D eigenvalue weighted by Crippen LogP contribution is 2.19. The smallest absolute Gasteiger partial charge is 0.361 e. The molecular formula is C90H156NO8+. The van der Waals surface area contributed by atoms with Crippen LogP contribution in [0, 0.1) is 0 Å². The highest BCUT2D eigenvalue weighted by Gasteiger charge is 2.25. The molecule has 0 fully saturated rings. The summed E-state index contributed by atoms with van der Waals surface area (Å²) >= 11 is 0. The van der Waals surface area contributed by atoms with Crippen LogP contribution in [-0.4, -0.2) is 87.4 Å². The van der Waals surface area contributed by atoms with E-state index in [9.17, 15) is 19.5 Å². The highest BCUT2D eigenvalue weighted by atomic mass is 16.7. The van der Waals surface area contributed by atoms with Gasteiger partial charge in [-0.15, -0.1) is 0 Å². The van der Waals surface area contributed by atoms with Crippen LogP contribution in [0.3, 0.4) is 0 Å². The van der Waals surface area contributed by atoms with Crippen molar-refractivity contribution in [3.63, 3.8) is 0 Å². The SMILES string of the molecule is CC/C=C\C/C=C\C/C=C\C/C=C\C/C=C\C/C=C\C/C=C\C/C=C\C/C=C\C/C=C\C/C=C\CCCCCC(=O)OC(COC(=O)CCCCCCCCCCCCCCCCCCCCCCCCCCCCCCCCCCCCCCC)COC(OCC[N+](C)(C)C)C(=O)O. The van der Waals surface area contributed by atoms with E-state index in [0.717, 1.165) is 109 Å². The number of allylic oxidation sites excluding steroid dienone is 22. The van der Waals surface area contributed by atoms with Gasteiger partial charge in [0.25, 0.3) is 6.29 Å². The number of carboxylic acid groups (broad SMARTS) is 1. The first-order valence-electron chi connectivity index (χ1n) is 41.3. The van der Waals surface area contributed by atoms with Crippen molar-refractivity contribution in [2.24, 2.45) is 0 Å². The van der Waals surface area contributed by atoms with Gasteiger partial charge in [-0.3, -0.25) is 9.59 Å². The standard InChI is InChI=1S/C90H155NO8/c1-6-8-10-12-14-16-18-20-22-24-26-28-30-32-34-36-38-40-42-44-46-48-50-52-54-56-58-60-62-64-66-68-70-72-74-76-78-80-87(92)97-84-86(85-98-90(89(94)95)96-83-82-91(3,4)5)99-88(93)81-79-77-75-73-71-69-67-65-63-61-59-57-55-53-51-49-47-45-43-41-39-37-35-33-31-29-27-25-23-21-19-17-15-13-11-9-7-2/h9,11,15,17,21,23,27,29,33,35,39,41,45,47,51,53,57,59,63,65,69,71,86,90H,6-8,10,12-14,16,18-20,22,24-26,28,30-32,34,36-38,40,42-44,46,48-50,52,54-56,58,60-62,64,66-68,70,72-85H2,1-5H3/p+1/b11-9-,17-15-,23-21-,29-27-,35-33-,41-39-,47-45-,53-51-,59-57-,65-63-,71-69-. The lowest BCUT2D eigenvalue weighted by Crippen LogP contribution is -2.40. The molecule has 0 amide bonds. The summed E-state index contributed by atoms with van der Waals surface area (Å²) in [6.45, 7) is 4.76. The molecule has 0 aromatic carbocycles. The summed E-state index contributed by atoms with van der Waals surface area (Å²) in [6.07, 6.45) is 112. The van der Waals surface area contributed by atoms with Crippen molar-refractivity contribution in [3.05, 3.63) is 134 Å². The Hall–Kier alpha value is -4.57. The lowest BCUT2D eigenvalue weighted by Gasteiger charge is -2.25. The number of unbranched alkanes of at least 4 members (excludes halogenated alkanes) is 39. The summed E-state index contributed by atoms with van der Waals surface area (Å²) in [6, 6.07) is 0. The van der Waals surface area contributed by atoms with Crippen LogP contribution in [0.25, 0.3) is 0 Å². The number of aliphatic carboxylic acids is 1. The summed E-state index contributed by atoms with van der Waals surface area (Å²) in [5, 5.41) is 9.77. The molecule has 0 aromatic heterocycles. The van der Waals surface area contributed by atoms with Crippen molar-refractivity contribution in [2.45, 2.75) is 373 Å². The van der Waals surface area contributed by atoms with Crippen molar-refractivity contribution in [2.75, 3.05) is 47.5 Å². The van der Waals surface area contributed by atoms with Gasteiger partial charge in [0.05, 0.1) is 34.4 Å². The third kappa shape index (κ3) is 80.6. The van der Waals surface area contributed by atoms with E-state index in [1.807, 2.05) is 21.1 Å². The molecule has 0 aliphatic carbocycles. The van der Waals surface area contributed by atoms with Crippen LogP contribution >= 0.6 is 0 Å². The molecule has 0 rings (SSSR count). The maximum atomic E-state index is 13.0. The van der Waals surface area contributed by atoms with Crippen LogP contribution in [-0.2, 0) is 33.3 Å². The van der Waals surface area contributed by atoms with Crippen LogP contribution < -0.4 is 0 Å². The van der Waals surface area contributed by atoms with E-state index in [1.54, 1.807) is 0 Å². The lowest BCUT2D eigenvalue weighted by atomic mass is 10.0. The lowest BCUT2D eigenvalue weighted by molar-refractivity contribution is -0.870. The molecule has 0 aliphatic rings. The quantitative estimate of drug-likeness (QED) is 0.0211. The fraction of sp³-hybridized carbons (Fsp3) is 0.722. The number of nitrogens with zero attached hydrogens (tertiary/aromatic N) is 1. The summed E-state index contributed by atoms with van der Waals surface area (Å²) in [4.78, 5) is 37.7. The third-order valence-electron chi connectivity index (χ3n) is 17.9. The van der Waals surface area contributed by atoms with Crippen LogP contribution in [0.4, 0.5) is 0 Å². The maximum Gasteiger partial charge on any atom is 0.361 e. The number of carbonyl (C=O) groups is 3.